The number of ketones is 1. The molecule has 0 aromatic heterocycles. The van der Waals surface area contributed by atoms with Crippen molar-refractivity contribution in [2.45, 2.75) is 12.8 Å². The maximum absolute atomic E-state index is 11.9. The van der Waals surface area contributed by atoms with Crippen molar-refractivity contribution in [1.82, 2.24) is 0 Å². The van der Waals surface area contributed by atoms with E-state index in [0.29, 0.717) is 0 Å². The first-order valence-corrected chi connectivity index (χ1v) is 7.03. The quantitative estimate of drug-likeness (QED) is 0.734. The number of hydrogen-bond donors (Lipinski definition) is 0. The lowest BCUT2D eigenvalue weighted by Crippen LogP contribution is -2.15. The molecule has 0 bridgehead atoms. The van der Waals surface area contributed by atoms with Gasteiger partial charge in [-0.05, 0) is 5.56 Å². The molecule has 94 valence electrons. The van der Waals surface area contributed by atoms with Crippen LogP contribution in [0.5, 0.6) is 0 Å². The number of carbonyl (C=O) groups is 1. The van der Waals surface area contributed by atoms with Crippen LogP contribution < -0.4 is 0 Å². The summed E-state index contributed by atoms with van der Waals surface area (Å²) < 4.78 is 21.3. The summed E-state index contributed by atoms with van der Waals surface area (Å²) in [5.41, 5.74) is 0.899. The second-order valence-corrected chi connectivity index (χ2v) is 6.00. The minimum absolute atomic E-state index is 0.150. The third kappa shape index (κ3) is 3.77. The molecule has 0 saturated heterocycles. The van der Waals surface area contributed by atoms with E-state index in [1.54, 1.807) is 6.92 Å². The van der Waals surface area contributed by atoms with Gasteiger partial charge in [-0.15, -0.1) is 0 Å². The molecule has 1 aromatic rings. The lowest BCUT2D eigenvalue weighted by atomic mass is 9.98. The van der Waals surface area contributed by atoms with Gasteiger partial charge in [0.15, 0.2) is 5.78 Å². The molecule has 0 unspecified atom stereocenters. The summed E-state index contributed by atoms with van der Waals surface area (Å²) in [5.74, 6) is -0.460. The monoisotopic (exact) mass is 256 g/mol. The van der Waals surface area contributed by atoms with E-state index >= 15 is 0 Å². The topological polar surface area (TPSA) is 52.6 Å². The highest BCUT2D eigenvalue weighted by molar-refractivity contribution is 7.54. The first-order valence-electron chi connectivity index (χ1n) is 5.30. The fourth-order valence-electron chi connectivity index (χ4n) is 1.46. The Balaban J connectivity index is 2.75. The third-order valence-electron chi connectivity index (χ3n) is 2.69. The summed E-state index contributed by atoms with van der Waals surface area (Å²) in [4.78, 5) is 11.9. The SMILES string of the molecule is COP(=O)(CC(=O)[C@@H](C)c1ccccc1)OC. The number of carbonyl (C=O) groups excluding carboxylic acids is 1. The largest absolute Gasteiger partial charge is 0.337 e. The Hall–Kier alpha value is -0.960. The van der Waals surface area contributed by atoms with E-state index in [9.17, 15) is 9.36 Å². The van der Waals surface area contributed by atoms with Crippen molar-refractivity contribution < 1.29 is 18.4 Å². The van der Waals surface area contributed by atoms with Gasteiger partial charge in [0.1, 0.15) is 6.16 Å². The number of rotatable bonds is 6. The molecule has 5 heteroatoms. The zero-order valence-corrected chi connectivity index (χ0v) is 11.1. The van der Waals surface area contributed by atoms with Gasteiger partial charge in [0.25, 0.3) is 0 Å². The van der Waals surface area contributed by atoms with Gasteiger partial charge in [0, 0.05) is 20.1 Å². The van der Waals surface area contributed by atoms with Crippen molar-refractivity contribution in [3.05, 3.63) is 35.9 Å². The molecule has 1 atom stereocenters. The summed E-state index contributed by atoms with van der Waals surface area (Å²) in [6.07, 6.45) is -0.198. The smallest absolute Gasteiger partial charge is 0.312 e. The minimum atomic E-state index is -3.26. The average molecular weight is 256 g/mol. The van der Waals surface area contributed by atoms with Gasteiger partial charge >= 0.3 is 7.60 Å². The molecule has 1 aromatic carbocycles. The van der Waals surface area contributed by atoms with Crippen LogP contribution >= 0.6 is 7.60 Å². The molecule has 0 spiro atoms. The van der Waals surface area contributed by atoms with E-state index in [1.165, 1.54) is 14.2 Å². The van der Waals surface area contributed by atoms with Crippen LogP contribution in [-0.2, 0) is 18.4 Å². The molecular weight excluding hydrogens is 239 g/mol. The van der Waals surface area contributed by atoms with Gasteiger partial charge in [0.05, 0.1) is 0 Å². The molecular formula is C12H17O4P. The van der Waals surface area contributed by atoms with E-state index in [2.05, 4.69) is 0 Å². The zero-order chi connectivity index (χ0) is 12.9. The Kier molecular flexibility index (Phi) is 5.06. The van der Waals surface area contributed by atoms with Crippen molar-refractivity contribution in [1.29, 1.82) is 0 Å². The summed E-state index contributed by atoms with van der Waals surface area (Å²) >= 11 is 0. The van der Waals surface area contributed by atoms with Gasteiger partial charge < -0.3 is 9.05 Å². The normalized spacial score (nSPS) is 13.4. The molecule has 0 aliphatic carbocycles. The Morgan fingerprint density at radius 3 is 2.24 bits per heavy atom. The predicted molar refractivity (Wildman–Crippen MR) is 66.4 cm³/mol. The van der Waals surface area contributed by atoms with E-state index in [1.807, 2.05) is 30.3 Å². The molecule has 0 radical (unpaired) electrons. The molecule has 0 fully saturated rings. The van der Waals surface area contributed by atoms with Crippen LogP contribution in [0.25, 0.3) is 0 Å². The summed E-state index contributed by atoms with van der Waals surface area (Å²) in [5, 5.41) is 0. The van der Waals surface area contributed by atoms with Crippen molar-refractivity contribution >= 4 is 13.4 Å². The fraction of sp³-hybridized carbons (Fsp3) is 0.417. The average Bonchev–Trinajstić information content (AvgIpc) is 2.38. The van der Waals surface area contributed by atoms with E-state index in [0.717, 1.165) is 5.56 Å². The zero-order valence-electron chi connectivity index (χ0n) is 10.3. The molecule has 0 saturated carbocycles. The lowest BCUT2D eigenvalue weighted by molar-refractivity contribution is -0.118. The van der Waals surface area contributed by atoms with Gasteiger partial charge in [-0.2, -0.15) is 0 Å². The molecule has 4 nitrogen and oxygen atoms in total. The Bertz CT molecular complexity index is 408. The van der Waals surface area contributed by atoms with Crippen LogP contribution in [0.1, 0.15) is 18.4 Å². The molecule has 0 aliphatic rings. The first-order chi connectivity index (χ1) is 8.02. The van der Waals surface area contributed by atoms with Crippen LogP contribution in [-0.4, -0.2) is 26.2 Å². The highest BCUT2D eigenvalue weighted by Crippen LogP contribution is 2.47. The molecule has 0 amide bonds. The highest BCUT2D eigenvalue weighted by Gasteiger charge is 2.28. The fourth-order valence-corrected chi connectivity index (χ4v) is 2.52. The van der Waals surface area contributed by atoms with Gasteiger partial charge in [-0.1, -0.05) is 37.3 Å². The van der Waals surface area contributed by atoms with Crippen LogP contribution in [0.3, 0.4) is 0 Å². The van der Waals surface area contributed by atoms with E-state index in [4.69, 9.17) is 9.05 Å². The Morgan fingerprint density at radius 1 is 1.24 bits per heavy atom. The van der Waals surface area contributed by atoms with Crippen LogP contribution in [0.15, 0.2) is 30.3 Å². The van der Waals surface area contributed by atoms with Crippen LogP contribution in [0.2, 0.25) is 0 Å². The molecule has 1 rings (SSSR count). The molecule has 0 heterocycles. The minimum Gasteiger partial charge on any atom is -0.312 e. The number of hydrogen-bond acceptors (Lipinski definition) is 4. The second-order valence-electron chi connectivity index (χ2n) is 3.73. The van der Waals surface area contributed by atoms with Crippen molar-refractivity contribution in [3.63, 3.8) is 0 Å². The summed E-state index contributed by atoms with van der Waals surface area (Å²) in [6.45, 7) is 1.79. The molecule has 0 aliphatic heterocycles. The third-order valence-corrected chi connectivity index (χ3v) is 4.50. The maximum atomic E-state index is 11.9. The highest BCUT2D eigenvalue weighted by atomic mass is 31.2. The van der Waals surface area contributed by atoms with Crippen LogP contribution in [0, 0.1) is 0 Å². The standard InChI is InChI=1S/C12H17O4P/c1-10(11-7-5-4-6-8-11)12(13)9-17(14,15-2)16-3/h4-8,10H,9H2,1-3H3/t10-/m0/s1. The van der Waals surface area contributed by atoms with Crippen molar-refractivity contribution in [3.8, 4) is 0 Å². The summed E-state index contributed by atoms with van der Waals surface area (Å²) in [7, 11) is -0.696. The first kappa shape index (κ1) is 14.1. The number of benzene rings is 1. The van der Waals surface area contributed by atoms with Gasteiger partial charge in [-0.25, -0.2) is 0 Å². The van der Waals surface area contributed by atoms with Crippen molar-refractivity contribution in [2.24, 2.45) is 0 Å². The van der Waals surface area contributed by atoms with Crippen molar-refractivity contribution in [2.75, 3.05) is 20.4 Å². The maximum Gasteiger partial charge on any atom is 0.337 e. The molecule has 0 N–H and O–H groups in total. The number of Topliss-reactive ketones (excluding diaryl/α,β-unsaturated/α-hetero) is 1. The summed E-state index contributed by atoms with van der Waals surface area (Å²) in [6, 6.07) is 9.35. The predicted octanol–water partition coefficient (Wildman–Crippen LogP) is 2.85. The van der Waals surface area contributed by atoms with Gasteiger partial charge in [0.2, 0.25) is 0 Å². The van der Waals surface area contributed by atoms with Gasteiger partial charge in [-0.3, -0.25) is 9.36 Å². The second kappa shape index (κ2) is 6.10. The van der Waals surface area contributed by atoms with E-state index in [-0.39, 0.29) is 17.9 Å². The Labute approximate surface area is 101 Å². The van der Waals surface area contributed by atoms with Crippen LogP contribution in [0.4, 0.5) is 0 Å². The lowest BCUT2D eigenvalue weighted by Gasteiger charge is -2.16. The Morgan fingerprint density at radius 2 is 1.76 bits per heavy atom. The van der Waals surface area contributed by atoms with E-state index < -0.39 is 7.60 Å². The molecule has 17 heavy (non-hydrogen) atoms.